The van der Waals surface area contributed by atoms with E-state index in [0.29, 0.717) is 0 Å². The largest absolute Gasteiger partial charge is 0.522 e. The standard InChI is InChI=1S/CHF3O3S.3CH3.V/c2-1(3,4)8(5,6)7;;;;/h(H,5,6,7);3*1H3;/q;3*-1;. The number of hydrogen-bond donors (Lipinski definition) is 1. The van der Waals surface area contributed by atoms with E-state index < -0.39 is 15.6 Å². The maximum Gasteiger partial charge on any atom is 0.522 e. The van der Waals surface area contributed by atoms with Crippen LogP contribution in [0.3, 0.4) is 0 Å². The van der Waals surface area contributed by atoms with Gasteiger partial charge in [-0.15, -0.1) is 0 Å². The molecule has 0 atom stereocenters. The first-order valence-electron chi connectivity index (χ1n) is 1.29. The van der Waals surface area contributed by atoms with Crippen LogP contribution in [0.25, 0.3) is 0 Å². The van der Waals surface area contributed by atoms with Crippen LogP contribution in [0.2, 0.25) is 0 Å². The van der Waals surface area contributed by atoms with Crippen LogP contribution in [0.15, 0.2) is 0 Å². The smallest absolute Gasteiger partial charge is 0.358 e. The van der Waals surface area contributed by atoms with Crippen molar-refractivity contribution in [1.82, 2.24) is 0 Å². The van der Waals surface area contributed by atoms with Crippen molar-refractivity contribution in [3.8, 4) is 0 Å². The molecule has 1 N–H and O–H groups in total. The molecule has 0 rings (SSSR count). The zero-order chi connectivity index (χ0) is 7.00. The minimum Gasteiger partial charge on any atom is -0.358 e. The van der Waals surface area contributed by atoms with Crippen molar-refractivity contribution in [2.75, 3.05) is 0 Å². The molecule has 0 unspecified atom stereocenters. The van der Waals surface area contributed by atoms with Gasteiger partial charge in [-0.05, 0) is 0 Å². The van der Waals surface area contributed by atoms with E-state index in [0.717, 1.165) is 0 Å². The third-order valence-electron chi connectivity index (χ3n) is 0.292. The monoisotopic (exact) mass is 246 g/mol. The molecule has 0 aromatic carbocycles. The summed E-state index contributed by atoms with van der Waals surface area (Å²) in [6, 6.07) is 0. The molecule has 8 heteroatoms. The summed E-state index contributed by atoms with van der Waals surface area (Å²) < 4.78 is 57.5. The van der Waals surface area contributed by atoms with Crippen molar-refractivity contribution in [2.24, 2.45) is 0 Å². The molecule has 0 aromatic heterocycles. The fraction of sp³-hybridized carbons (Fsp3) is 0.250. The Morgan fingerprint density at radius 3 is 1.08 bits per heavy atom. The van der Waals surface area contributed by atoms with Gasteiger partial charge in [0.05, 0.1) is 0 Å². The molecule has 0 bridgehead atoms. The zero-order valence-electron chi connectivity index (χ0n) is 6.75. The summed E-state index contributed by atoms with van der Waals surface area (Å²) in [7, 11) is -5.84. The van der Waals surface area contributed by atoms with Crippen LogP contribution in [-0.4, -0.2) is 18.5 Å². The molecule has 0 aliphatic heterocycles. The molecular formula is C4H10F3O3SV-3. The molecule has 0 aromatic rings. The second-order valence-corrected chi connectivity index (χ2v) is 2.33. The average Bonchev–Trinajstić information content (AvgIpc) is 1.25. The minimum absolute atomic E-state index is 0. The Labute approximate surface area is 83.0 Å². The molecule has 0 saturated heterocycles. The van der Waals surface area contributed by atoms with Gasteiger partial charge in [-0.1, -0.05) is 0 Å². The molecule has 0 saturated carbocycles. The predicted octanol–water partition coefficient (Wildman–Crippen LogP) is 1.74. The summed E-state index contributed by atoms with van der Waals surface area (Å²) in [6.45, 7) is 0. The Hall–Kier alpha value is 0.284. The van der Waals surface area contributed by atoms with Crippen LogP contribution in [0, 0.1) is 22.3 Å². The maximum absolute atomic E-state index is 10.7. The van der Waals surface area contributed by atoms with E-state index >= 15 is 0 Å². The molecule has 79 valence electrons. The van der Waals surface area contributed by atoms with Gasteiger partial charge in [0, 0.05) is 18.6 Å². The molecule has 1 radical (unpaired) electrons. The van der Waals surface area contributed by atoms with Crippen LogP contribution < -0.4 is 0 Å². The van der Waals surface area contributed by atoms with Gasteiger partial charge in [0.1, 0.15) is 0 Å². The third-order valence-corrected chi connectivity index (χ3v) is 0.877. The average molecular weight is 246 g/mol. The molecular weight excluding hydrogens is 236 g/mol. The Morgan fingerprint density at radius 1 is 1.00 bits per heavy atom. The van der Waals surface area contributed by atoms with E-state index in [1.807, 2.05) is 0 Å². The Balaban J connectivity index is -0.0000000408. The van der Waals surface area contributed by atoms with Crippen LogP contribution in [0.4, 0.5) is 13.2 Å². The number of halogens is 3. The van der Waals surface area contributed by atoms with Gasteiger partial charge >= 0.3 is 15.6 Å². The van der Waals surface area contributed by atoms with E-state index in [4.69, 9.17) is 13.0 Å². The summed E-state index contributed by atoms with van der Waals surface area (Å²) in [4.78, 5) is 0. The van der Waals surface area contributed by atoms with Crippen molar-refractivity contribution < 1.29 is 44.7 Å². The second-order valence-electron chi connectivity index (χ2n) is 0.921. The molecule has 0 spiro atoms. The number of hydrogen-bond acceptors (Lipinski definition) is 2. The van der Waals surface area contributed by atoms with Crippen molar-refractivity contribution in [1.29, 1.82) is 0 Å². The first-order chi connectivity index (χ1) is 3.25. The summed E-state index contributed by atoms with van der Waals surface area (Å²) in [5.41, 5.74) is -5.53. The minimum atomic E-state index is -5.84. The molecule has 0 heterocycles. The summed E-state index contributed by atoms with van der Waals surface area (Å²) in [6.07, 6.45) is 0. The second kappa shape index (κ2) is 7.91. The van der Waals surface area contributed by atoms with Gasteiger partial charge < -0.3 is 22.3 Å². The van der Waals surface area contributed by atoms with Crippen molar-refractivity contribution in [3.63, 3.8) is 0 Å². The van der Waals surface area contributed by atoms with Crippen LogP contribution >= 0.6 is 0 Å². The molecule has 3 nitrogen and oxygen atoms in total. The van der Waals surface area contributed by atoms with E-state index in [1.54, 1.807) is 0 Å². The predicted molar refractivity (Wildman–Crippen MR) is 36.8 cm³/mol. The van der Waals surface area contributed by atoms with Crippen molar-refractivity contribution in [3.05, 3.63) is 22.3 Å². The van der Waals surface area contributed by atoms with E-state index in [9.17, 15) is 13.2 Å². The summed E-state index contributed by atoms with van der Waals surface area (Å²) >= 11 is 0. The summed E-state index contributed by atoms with van der Waals surface area (Å²) in [5.74, 6) is 0. The molecule has 0 aliphatic rings. The molecule has 0 aliphatic carbocycles. The number of alkyl halides is 3. The first kappa shape index (κ1) is 29.5. The number of rotatable bonds is 0. The quantitative estimate of drug-likeness (QED) is 0.402. The van der Waals surface area contributed by atoms with Gasteiger partial charge in [-0.3, -0.25) is 4.55 Å². The SMILES string of the molecule is O=S(=O)(O)C(F)(F)F.[CH3-].[CH3-].[CH3-].[V]. The first-order valence-corrected chi connectivity index (χ1v) is 2.73. The van der Waals surface area contributed by atoms with E-state index in [2.05, 4.69) is 0 Å². The van der Waals surface area contributed by atoms with E-state index in [1.165, 1.54) is 0 Å². The molecule has 12 heavy (non-hydrogen) atoms. The Morgan fingerprint density at radius 2 is 1.08 bits per heavy atom. The zero-order valence-corrected chi connectivity index (χ0v) is 8.97. The van der Waals surface area contributed by atoms with Gasteiger partial charge in [0.15, 0.2) is 0 Å². The van der Waals surface area contributed by atoms with Gasteiger partial charge in [-0.2, -0.15) is 21.6 Å². The van der Waals surface area contributed by atoms with Gasteiger partial charge in [0.25, 0.3) is 0 Å². The van der Waals surface area contributed by atoms with Crippen LogP contribution in [-0.2, 0) is 28.7 Å². The van der Waals surface area contributed by atoms with Crippen molar-refractivity contribution >= 4 is 10.1 Å². The van der Waals surface area contributed by atoms with E-state index in [-0.39, 0.29) is 40.8 Å². The Kier molecular flexibility index (Phi) is 19.4. The van der Waals surface area contributed by atoms with Crippen LogP contribution in [0.5, 0.6) is 0 Å². The summed E-state index contributed by atoms with van der Waals surface area (Å²) in [5, 5.41) is 0. The molecule has 0 fully saturated rings. The topological polar surface area (TPSA) is 54.4 Å². The van der Waals surface area contributed by atoms with Crippen LogP contribution in [0.1, 0.15) is 0 Å². The third kappa shape index (κ3) is 10.3. The van der Waals surface area contributed by atoms with Gasteiger partial charge in [0.2, 0.25) is 0 Å². The normalized spacial score (nSPS) is 9.33. The fourth-order valence-corrected chi connectivity index (χ4v) is 0. The Bertz CT molecular complexity index is 174. The van der Waals surface area contributed by atoms with Crippen molar-refractivity contribution in [2.45, 2.75) is 5.51 Å². The van der Waals surface area contributed by atoms with Gasteiger partial charge in [-0.25, -0.2) is 0 Å². The maximum atomic E-state index is 10.7. The fourth-order valence-electron chi connectivity index (χ4n) is 0. The molecule has 0 amide bonds.